The van der Waals surface area contributed by atoms with Gasteiger partial charge in [0.05, 0.1) is 10.5 Å². The fraction of sp³-hybridized carbons (Fsp3) is 0.278. The fourth-order valence-corrected chi connectivity index (χ4v) is 2.50. The predicted molar refractivity (Wildman–Crippen MR) is 102 cm³/mol. The molecule has 0 aliphatic heterocycles. The Hall–Kier alpha value is -2.82. The molecule has 0 saturated carbocycles. The Bertz CT molecular complexity index is 875. The van der Waals surface area contributed by atoms with Gasteiger partial charge in [0.15, 0.2) is 0 Å². The minimum Gasteiger partial charge on any atom is -0.490 e. The number of anilines is 1. The first-order chi connectivity index (χ1) is 13.6. The number of alkyl halides is 3. The summed E-state index contributed by atoms with van der Waals surface area (Å²) in [5.41, 5.74) is -2.17. The summed E-state index contributed by atoms with van der Waals surface area (Å²) in [6.45, 7) is 1.38. The van der Waals surface area contributed by atoms with Crippen molar-refractivity contribution in [3.05, 3.63) is 62.6 Å². The van der Waals surface area contributed by atoms with Gasteiger partial charge < -0.3 is 14.8 Å². The molecule has 0 bridgehead atoms. The molecule has 0 amide bonds. The highest BCUT2D eigenvalue weighted by Crippen LogP contribution is 2.35. The van der Waals surface area contributed by atoms with Crippen molar-refractivity contribution in [2.45, 2.75) is 19.1 Å². The van der Waals surface area contributed by atoms with Crippen LogP contribution in [0.2, 0.25) is 0 Å². The van der Waals surface area contributed by atoms with Crippen LogP contribution in [0, 0.1) is 10.1 Å². The molecule has 1 N–H and O–H groups in total. The fourth-order valence-electron chi connectivity index (χ4n) is 2.23. The quantitative estimate of drug-likeness (QED) is 0.254. The summed E-state index contributed by atoms with van der Waals surface area (Å²) in [6, 6.07) is 7.99. The second kappa shape index (κ2) is 9.59. The molecule has 0 radical (unpaired) electrons. The Morgan fingerprint density at radius 3 is 2.45 bits per heavy atom. The van der Waals surface area contributed by atoms with Crippen LogP contribution in [-0.4, -0.2) is 30.1 Å². The van der Waals surface area contributed by atoms with Gasteiger partial charge in [-0.3, -0.25) is 10.1 Å². The lowest BCUT2D eigenvalue weighted by atomic mass is 10.1. The summed E-state index contributed by atoms with van der Waals surface area (Å²) in [4.78, 5) is 22.1. The predicted octanol–water partition coefficient (Wildman–Crippen LogP) is 4.80. The molecule has 29 heavy (non-hydrogen) atoms. The molecule has 7 nitrogen and oxygen atoms in total. The van der Waals surface area contributed by atoms with Crippen molar-refractivity contribution in [1.82, 2.24) is 0 Å². The number of nitrogens with one attached hydrogen (secondary N) is 1. The topological polar surface area (TPSA) is 90.7 Å². The van der Waals surface area contributed by atoms with Gasteiger partial charge in [0.1, 0.15) is 30.7 Å². The highest BCUT2D eigenvalue weighted by Gasteiger charge is 2.33. The van der Waals surface area contributed by atoms with Crippen LogP contribution in [0.1, 0.15) is 12.5 Å². The molecule has 0 unspecified atom stereocenters. The number of hydrogen-bond donors (Lipinski definition) is 1. The maximum Gasteiger partial charge on any atom is 0.416 e. The molecule has 0 aliphatic rings. The van der Waals surface area contributed by atoms with E-state index in [0.29, 0.717) is 17.9 Å². The lowest BCUT2D eigenvalue weighted by Gasteiger charge is -2.16. The molecular formula is C18H16BrF3N2O5. The van der Waals surface area contributed by atoms with E-state index in [-0.39, 0.29) is 18.9 Å². The van der Waals surface area contributed by atoms with E-state index in [9.17, 15) is 28.1 Å². The maximum atomic E-state index is 12.7. The number of carbonyl (C=O) groups excluding carboxylic acids is 1. The number of hydrogen-bond acceptors (Lipinski definition) is 6. The van der Waals surface area contributed by atoms with Crippen molar-refractivity contribution >= 4 is 33.3 Å². The summed E-state index contributed by atoms with van der Waals surface area (Å²) in [5, 5.41) is 13.6. The highest BCUT2D eigenvalue weighted by atomic mass is 79.9. The Labute approximate surface area is 172 Å². The first-order valence-electron chi connectivity index (χ1n) is 8.25. The van der Waals surface area contributed by atoms with Crippen molar-refractivity contribution in [3.8, 4) is 5.75 Å². The molecule has 2 aromatic rings. The summed E-state index contributed by atoms with van der Waals surface area (Å²) in [7, 11) is 0. The van der Waals surface area contributed by atoms with E-state index in [0.717, 1.165) is 10.5 Å². The third-order valence-electron chi connectivity index (χ3n) is 3.66. The zero-order valence-corrected chi connectivity index (χ0v) is 16.6. The number of carbonyl (C=O) groups is 1. The molecule has 2 aromatic carbocycles. The van der Waals surface area contributed by atoms with Gasteiger partial charge in [-0.15, -0.1) is 0 Å². The molecule has 11 heteroatoms. The molecule has 0 spiro atoms. The maximum absolute atomic E-state index is 12.7. The van der Waals surface area contributed by atoms with E-state index < -0.39 is 34.4 Å². The van der Waals surface area contributed by atoms with Crippen molar-refractivity contribution < 1.29 is 32.4 Å². The number of rotatable bonds is 8. The average Bonchev–Trinajstić information content (AvgIpc) is 2.65. The van der Waals surface area contributed by atoms with Crippen molar-refractivity contribution in [1.29, 1.82) is 0 Å². The zero-order chi connectivity index (χ0) is 21.6. The van der Waals surface area contributed by atoms with Gasteiger partial charge in [0, 0.05) is 10.5 Å². The second-order valence-corrected chi connectivity index (χ2v) is 6.74. The minimum atomic E-state index is -4.72. The van der Waals surface area contributed by atoms with Gasteiger partial charge in [-0.1, -0.05) is 15.9 Å². The second-order valence-electron chi connectivity index (χ2n) is 5.82. The zero-order valence-electron chi connectivity index (χ0n) is 15.0. The van der Waals surface area contributed by atoms with Crippen LogP contribution in [0.5, 0.6) is 5.75 Å². The molecule has 0 aromatic heterocycles. The summed E-state index contributed by atoms with van der Waals surface area (Å²) < 4.78 is 49.5. The molecule has 1 atom stereocenters. The number of ether oxygens (including phenoxy) is 2. The smallest absolute Gasteiger partial charge is 0.416 e. The largest absolute Gasteiger partial charge is 0.490 e. The minimum absolute atomic E-state index is 0.0734. The van der Waals surface area contributed by atoms with Crippen LogP contribution < -0.4 is 10.1 Å². The van der Waals surface area contributed by atoms with Crippen LogP contribution in [0.3, 0.4) is 0 Å². The SMILES string of the molecule is C[C@@H](Nc1ccc(C(F)(F)F)cc1[N+](=O)[O-])C(=O)OCCOc1ccc(Br)cc1. The van der Waals surface area contributed by atoms with Crippen LogP contribution in [0.25, 0.3) is 0 Å². The van der Waals surface area contributed by atoms with Gasteiger partial charge in [-0.25, -0.2) is 4.79 Å². The Morgan fingerprint density at radius 1 is 1.21 bits per heavy atom. The van der Waals surface area contributed by atoms with Gasteiger partial charge in [0.2, 0.25) is 0 Å². The van der Waals surface area contributed by atoms with Gasteiger partial charge in [-0.2, -0.15) is 13.2 Å². The third-order valence-corrected chi connectivity index (χ3v) is 4.19. The van der Waals surface area contributed by atoms with Crippen LogP contribution >= 0.6 is 15.9 Å². The number of nitrogens with zero attached hydrogens (tertiary/aromatic N) is 1. The van der Waals surface area contributed by atoms with Crippen molar-refractivity contribution in [3.63, 3.8) is 0 Å². The third kappa shape index (κ3) is 6.63. The molecule has 156 valence electrons. The average molecular weight is 477 g/mol. The molecule has 2 rings (SSSR count). The summed E-state index contributed by atoms with van der Waals surface area (Å²) in [5.74, 6) is -0.158. The molecule has 0 fully saturated rings. The van der Waals surface area contributed by atoms with E-state index in [1.54, 1.807) is 24.3 Å². The Balaban J connectivity index is 1.91. The number of benzene rings is 2. The Kier molecular flexibility index (Phi) is 7.43. The first kappa shape index (κ1) is 22.5. The number of nitro groups is 1. The van der Waals surface area contributed by atoms with Gasteiger partial charge in [-0.05, 0) is 43.3 Å². The van der Waals surface area contributed by atoms with Crippen molar-refractivity contribution in [2.24, 2.45) is 0 Å². The first-order valence-corrected chi connectivity index (χ1v) is 9.04. The molecular weight excluding hydrogens is 461 g/mol. The normalized spacial score (nSPS) is 12.2. The number of halogens is 4. The lowest BCUT2D eigenvalue weighted by Crippen LogP contribution is -2.29. The van der Waals surface area contributed by atoms with Crippen LogP contribution in [0.15, 0.2) is 46.9 Å². The van der Waals surface area contributed by atoms with Gasteiger partial charge in [0.25, 0.3) is 5.69 Å². The highest BCUT2D eigenvalue weighted by molar-refractivity contribution is 9.10. The van der Waals surface area contributed by atoms with Crippen LogP contribution in [0.4, 0.5) is 24.5 Å². The molecule has 0 heterocycles. The standard InChI is InChI=1S/C18H16BrF3N2O5/c1-11(17(25)29-9-8-28-14-5-3-13(19)4-6-14)23-15-7-2-12(18(20,21)22)10-16(15)24(26)27/h2-7,10-11,23H,8-9H2,1H3/t11-/m1/s1. The van der Waals surface area contributed by atoms with Gasteiger partial charge >= 0.3 is 12.1 Å². The summed E-state index contributed by atoms with van der Waals surface area (Å²) >= 11 is 3.29. The number of nitro benzene ring substituents is 1. The molecule has 0 saturated heterocycles. The number of esters is 1. The van der Waals surface area contributed by atoms with E-state index in [4.69, 9.17) is 9.47 Å². The van der Waals surface area contributed by atoms with Crippen molar-refractivity contribution in [2.75, 3.05) is 18.5 Å². The Morgan fingerprint density at radius 2 is 1.86 bits per heavy atom. The van der Waals surface area contributed by atoms with E-state index in [1.807, 2.05) is 0 Å². The van der Waals surface area contributed by atoms with E-state index in [2.05, 4.69) is 21.2 Å². The van der Waals surface area contributed by atoms with E-state index in [1.165, 1.54) is 6.92 Å². The molecule has 0 aliphatic carbocycles. The monoisotopic (exact) mass is 476 g/mol. The van der Waals surface area contributed by atoms with E-state index >= 15 is 0 Å². The summed E-state index contributed by atoms with van der Waals surface area (Å²) in [6.07, 6.45) is -4.72. The van der Waals surface area contributed by atoms with Crippen LogP contribution in [-0.2, 0) is 15.7 Å². The lowest BCUT2D eigenvalue weighted by molar-refractivity contribution is -0.384.